The van der Waals surface area contributed by atoms with Gasteiger partial charge in [0.2, 0.25) is 5.91 Å². The lowest BCUT2D eigenvalue weighted by atomic mass is 9.71. The van der Waals surface area contributed by atoms with Crippen LogP contribution in [0, 0.1) is 10.8 Å². The zero-order valence-electron chi connectivity index (χ0n) is 30.9. The van der Waals surface area contributed by atoms with Crippen LogP contribution in [0.15, 0.2) is 53.8 Å². The molecule has 0 aliphatic carbocycles. The van der Waals surface area contributed by atoms with E-state index in [2.05, 4.69) is 15.5 Å². The molecule has 2 aromatic rings. The summed E-state index contributed by atoms with van der Waals surface area (Å²) in [6.45, 7) is 9.43. The van der Waals surface area contributed by atoms with Gasteiger partial charge in [-0.1, -0.05) is 52.8 Å². The molecule has 1 aromatic heterocycles. The van der Waals surface area contributed by atoms with Crippen molar-refractivity contribution in [2.24, 2.45) is 10.8 Å². The molecule has 6 nitrogen and oxygen atoms in total. The van der Waals surface area contributed by atoms with Crippen molar-refractivity contribution in [1.82, 2.24) is 20.3 Å². The third-order valence-corrected chi connectivity index (χ3v) is 9.25. The Hall–Kier alpha value is -3.73. The number of carbonyl (C=O) groups is 1. The van der Waals surface area contributed by atoms with Crippen LogP contribution in [-0.4, -0.2) is 91.7 Å². The number of thioether (sulfide) groups is 1. The first-order valence-corrected chi connectivity index (χ1v) is 17.7. The Kier molecular flexibility index (Phi) is 14.9. The van der Waals surface area contributed by atoms with Gasteiger partial charge in [-0.3, -0.25) is 4.79 Å². The summed E-state index contributed by atoms with van der Waals surface area (Å²) in [7, 11) is 0. The standard InChI is InChI=1S/C34H37F17N4O2S/c1-25(2,3)19-26(4,5)21(10-13-55-53-22-8-6-7-9-23(22)54-55)16-20(18-56)17-52-24(57)11-14-58-15-12-27(35,36)28(37,38)29(39,40)30(41,42)31(43,44)32(45,46)33(47,48)34(49,50)51/h6-10,13,16,18,56H,11-12,14-15,17,19H2,1-5H3,(H,52,57)/b13-10+,20-18-,21-16+. The lowest BCUT2D eigenvalue weighted by molar-refractivity contribution is -0.461. The van der Waals surface area contributed by atoms with Gasteiger partial charge in [-0.25, -0.2) is 0 Å². The Morgan fingerprint density at radius 3 is 1.64 bits per heavy atom. The molecule has 24 heteroatoms. The Labute approximate surface area is 324 Å². The number of nitrogens with zero attached hydrogens (tertiary/aromatic N) is 3. The summed E-state index contributed by atoms with van der Waals surface area (Å²) in [5, 5.41) is 20.9. The minimum atomic E-state index is -8.68. The highest BCUT2D eigenvalue weighted by molar-refractivity contribution is 7.99. The second-order valence-electron chi connectivity index (χ2n) is 14.8. The molecular formula is C34H37F17N4O2S. The summed E-state index contributed by atoms with van der Waals surface area (Å²) >= 11 is 0.126. The fourth-order valence-electron chi connectivity index (χ4n) is 5.43. The Morgan fingerprint density at radius 1 is 0.724 bits per heavy atom. The van der Waals surface area contributed by atoms with Crippen molar-refractivity contribution in [3.63, 3.8) is 0 Å². The maximum absolute atomic E-state index is 14.2. The van der Waals surface area contributed by atoms with Gasteiger partial charge >= 0.3 is 47.6 Å². The molecule has 1 amide bonds. The molecule has 0 spiro atoms. The molecule has 0 fully saturated rings. The third kappa shape index (κ3) is 10.3. The predicted octanol–water partition coefficient (Wildman–Crippen LogP) is 11.4. The summed E-state index contributed by atoms with van der Waals surface area (Å²) in [6.07, 6.45) is -4.97. The second kappa shape index (κ2) is 17.1. The number of aromatic nitrogens is 3. The SMILES string of the molecule is CC(C)(C)CC(C)(C)C(/C=C/n1nc2ccccc2n1)=C/C(=C/O)CNC(=O)CCSCCC(F)(F)C(F)(F)C(F)(F)C(F)(F)C(F)(F)C(F)(F)C(F)(F)C(F)(F)F. The molecule has 0 bridgehead atoms. The lowest BCUT2D eigenvalue weighted by Gasteiger charge is -2.42. The van der Waals surface area contributed by atoms with Gasteiger partial charge < -0.3 is 10.4 Å². The van der Waals surface area contributed by atoms with E-state index in [1.54, 1.807) is 42.6 Å². The van der Waals surface area contributed by atoms with Gasteiger partial charge in [0, 0.05) is 36.9 Å². The number of rotatable bonds is 19. The molecule has 2 N–H and O–H groups in total. The molecule has 0 saturated carbocycles. The number of halogens is 17. The smallest absolute Gasteiger partial charge is 0.460 e. The highest BCUT2D eigenvalue weighted by Gasteiger charge is 2.95. The lowest BCUT2D eigenvalue weighted by Crippen LogP contribution is -2.74. The minimum absolute atomic E-state index is 0.126. The Bertz CT molecular complexity index is 1800. The van der Waals surface area contributed by atoms with E-state index < -0.39 is 83.3 Å². The van der Waals surface area contributed by atoms with Crippen LogP contribution in [0.1, 0.15) is 53.9 Å². The van der Waals surface area contributed by atoms with Crippen molar-refractivity contribution >= 4 is 34.9 Å². The van der Waals surface area contributed by atoms with Gasteiger partial charge in [0.05, 0.1) is 6.26 Å². The van der Waals surface area contributed by atoms with Crippen LogP contribution in [0.25, 0.3) is 17.2 Å². The van der Waals surface area contributed by atoms with Gasteiger partial charge in [-0.15, -0.1) is 10.2 Å². The normalized spacial score (nSPS) is 15.5. The first-order chi connectivity index (χ1) is 25.9. The van der Waals surface area contributed by atoms with E-state index in [0.29, 0.717) is 29.3 Å². The molecule has 330 valence electrons. The quantitative estimate of drug-likeness (QED) is 0.0636. The van der Waals surface area contributed by atoms with E-state index in [-0.39, 0.29) is 29.3 Å². The Morgan fingerprint density at radius 2 is 1.19 bits per heavy atom. The minimum Gasteiger partial charge on any atom is -0.515 e. The van der Waals surface area contributed by atoms with Crippen molar-refractivity contribution in [1.29, 1.82) is 0 Å². The van der Waals surface area contributed by atoms with Gasteiger partial charge in [-0.05, 0) is 46.8 Å². The predicted molar refractivity (Wildman–Crippen MR) is 180 cm³/mol. The molecule has 0 aliphatic heterocycles. The van der Waals surface area contributed by atoms with Crippen LogP contribution in [0.2, 0.25) is 0 Å². The topological polar surface area (TPSA) is 80.0 Å². The number of hydrogen-bond donors (Lipinski definition) is 2. The number of amides is 1. The first kappa shape index (κ1) is 50.4. The molecule has 1 heterocycles. The summed E-state index contributed by atoms with van der Waals surface area (Å²) in [4.78, 5) is 13.7. The third-order valence-electron chi connectivity index (χ3n) is 8.26. The monoisotopic (exact) mass is 888 g/mol. The number of hydrogen-bond acceptors (Lipinski definition) is 5. The number of aliphatic hydroxyl groups excluding tert-OH is 1. The molecule has 0 saturated heterocycles. The summed E-state index contributed by atoms with van der Waals surface area (Å²) in [6, 6.07) is 7.02. The van der Waals surface area contributed by atoms with Gasteiger partial charge in [-0.2, -0.15) is 91.2 Å². The van der Waals surface area contributed by atoms with Crippen LogP contribution in [-0.2, 0) is 4.79 Å². The van der Waals surface area contributed by atoms with E-state index in [1.165, 1.54) is 4.80 Å². The molecule has 2 rings (SSSR count). The van der Waals surface area contributed by atoms with E-state index >= 15 is 0 Å². The van der Waals surface area contributed by atoms with Crippen molar-refractivity contribution in [3.8, 4) is 0 Å². The average molecular weight is 889 g/mol. The number of nitrogens with one attached hydrogen (secondary N) is 1. The fraction of sp³-hybridized carbons (Fsp3) is 0.618. The van der Waals surface area contributed by atoms with Crippen molar-refractivity contribution in [2.45, 2.75) is 102 Å². The molecule has 0 atom stereocenters. The largest absolute Gasteiger partial charge is 0.515 e. The highest BCUT2D eigenvalue weighted by Crippen LogP contribution is 2.64. The Balaban J connectivity index is 2.11. The van der Waals surface area contributed by atoms with Crippen molar-refractivity contribution < 1.29 is 84.5 Å². The molecular weight excluding hydrogens is 851 g/mol. The van der Waals surface area contributed by atoms with Crippen molar-refractivity contribution in [2.75, 3.05) is 18.1 Å². The number of allylic oxidation sites excluding steroid dienone is 2. The number of benzene rings is 1. The van der Waals surface area contributed by atoms with E-state index in [0.717, 1.165) is 0 Å². The van der Waals surface area contributed by atoms with E-state index in [4.69, 9.17) is 0 Å². The maximum atomic E-state index is 14.2. The number of alkyl halides is 17. The highest BCUT2D eigenvalue weighted by atomic mass is 32.2. The molecule has 1 aromatic carbocycles. The maximum Gasteiger partial charge on any atom is 0.460 e. The molecule has 0 radical (unpaired) electrons. The fourth-order valence-corrected chi connectivity index (χ4v) is 6.36. The summed E-state index contributed by atoms with van der Waals surface area (Å²) < 4.78 is 229. The molecule has 58 heavy (non-hydrogen) atoms. The van der Waals surface area contributed by atoms with Crippen LogP contribution >= 0.6 is 11.8 Å². The second-order valence-corrected chi connectivity index (χ2v) is 16.0. The van der Waals surface area contributed by atoms with Crippen LogP contribution < -0.4 is 5.32 Å². The number of fused-ring (bicyclic) bond motifs is 1. The summed E-state index contributed by atoms with van der Waals surface area (Å²) in [5.74, 6) is -59.5. The zero-order chi connectivity index (χ0) is 45.2. The van der Waals surface area contributed by atoms with Gasteiger partial charge in [0.1, 0.15) is 11.0 Å². The first-order valence-electron chi connectivity index (χ1n) is 16.5. The van der Waals surface area contributed by atoms with E-state index in [1.807, 2.05) is 34.6 Å². The van der Waals surface area contributed by atoms with Crippen LogP contribution in [0.5, 0.6) is 0 Å². The van der Waals surface area contributed by atoms with Crippen LogP contribution in [0.3, 0.4) is 0 Å². The average Bonchev–Trinajstić information content (AvgIpc) is 3.48. The molecule has 0 aliphatic rings. The number of carbonyl (C=O) groups excluding carboxylic acids is 1. The van der Waals surface area contributed by atoms with Gasteiger partial charge in [0.25, 0.3) is 0 Å². The zero-order valence-corrected chi connectivity index (χ0v) is 31.7. The van der Waals surface area contributed by atoms with E-state index in [9.17, 15) is 84.5 Å². The van der Waals surface area contributed by atoms with Gasteiger partial charge in [0.15, 0.2) is 0 Å². The molecule has 0 unspecified atom stereocenters. The number of aliphatic hydroxyl groups is 1. The van der Waals surface area contributed by atoms with Crippen LogP contribution in [0.4, 0.5) is 74.6 Å². The van der Waals surface area contributed by atoms with Crippen molar-refractivity contribution in [3.05, 3.63) is 53.8 Å². The summed E-state index contributed by atoms with van der Waals surface area (Å²) in [5.41, 5.74) is 1.22.